The molecule has 0 radical (unpaired) electrons. The van der Waals surface area contributed by atoms with E-state index >= 15 is 0 Å². The molecule has 1 unspecified atom stereocenters. The van der Waals surface area contributed by atoms with E-state index < -0.39 is 5.60 Å². The minimum atomic E-state index is -0.418. The van der Waals surface area contributed by atoms with E-state index in [0.29, 0.717) is 5.92 Å². The smallest absolute Gasteiger partial charge is 0.162 e. The normalized spacial score (nSPS) is 14.6. The van der Waals surface area contributed by atoms with E-state index in [-0.39, 0.29) is 0 Å². The number of hydrogen-bond acceptors (Lipinski definition) is 4. The summed E-state index contributed by atoms with van der Waals surface area (Å²) in [7, 11) is 3.59. The van der Waals surface area contributed by atoms with Gasteiger partial charge in [0.1, 0.15) is 11.4 Å². The lowest BCUT2D eigenvalue weighted by atomic mass is 10.0. The van der Waals surface area contributed by atoms with Crippen LogP contribution in [0.5, 0.6) is 0 Å². The Morgan fingerprint density at radius 2 is 2.06 bits per heavy atom. The largest absolute Gasteiger partial charge is 0.373 e. The Morgan fingerprint density at radius 1 is 1.39 bits per heavy atom. The Kier molecular flexibility index (Phi) is 5.08. The average molecular weight is 251 g/mol. The van der Waals surface area contributed by atoms with Crippen LogP contribution in [-0.4, -0.2) is 24.1 Å². The van der Waals surface area contributed by atoms with Gasteiger partial charge in [-0.3, -0.25) is 0 Å². The third-order valence-electron chi connectivity index (χ3n) is 3.25. The predicted octanol–water partition coefficient (Wildman–Crippen LogP) is 2.99. The Balaban J connectivity index is 3.18. The zero-order valence-corrected chi connectivity index (χ0v) is 12.4. The van der Waals surface area contributed by atoms with Gasteiger partial charge in [-0.1, -0.05) is 20.8 Å². The molecular weight excluding hydrogens is 226 g/mol. The van der Waals surface area contributed by atoms with Gasteiger partial charge in [0.25, 0.3) is 0 Å². The first-order valence-electron chi connectivity index (χ1n) is 6.56. The Bertz CT molecular complexity index is 387. The quantitative estimate of drug-likeness (QED) is 0.844. The van der Waals surface area contributed by atoms with Gasteiger partial charge in [0, 0.05) is 25.9 Å². The number of hydrogen-bond donors (Lipinski definition) is 1. The van der Waals surface area contributed by atoms with Crippen molar-refractivity contribution in [3.8, 4) is 0 Å². The first kappa shape index (κ1) is 14.9. The van der Waals surface area contributed by atoms with Gasteiger partial charge >= 0.3 is 0 Å². The van der Waals surface area contributed by atoms with E-state index in [2.05, 4.69) is 36.1 Å². The van der Waals surface area contributed by atoms with E-state index in [1.807, 2.05) is 20.0 Å². The summed E-state index contributed by atoms with van der Waals surface area (Å²) in [6.07, 6.45) is 1.80. The van der Waals surface area contributed by atoms with Crippen molar-refractivity contribution in [2.45, 2.75) is 46.1 Å². The van der Waals surface area contributed by atoms with Gasteiger partial charge in [0.05, 0.1) is 0 Å². The van der Waals surface area contributed by atoms with Crippen molar-refractivity contribution in [3.63, 3.8) is 0 Å². The van der Waals surface area contributed by atoms with E-state index in [4.69, 9.17) is 4.74 Å². The number of aromatic nitrogens is 2. The maximum absolute atomic E-state index is 5.58. The highest BCUT2D eigenvalue weighted by Crippen LogP contribution is 2.26. The summed E-state index contributed by atoms with van der Waals surface area (Å²) >= 11 is 0. The third kappa shape index (κ3) is 3.42. The van der Waals surface area contributed by atoms with Crippen LogP contribution in [0.4, 0.5) is 5.82 Å². The Labute approximate surface area is 110 Å². The van der Waals surface area contributed by atoms with E-state index in [1.165, 1.54) is 0 Å². The van der Waals surface area contributed by atoms with Crippen LogP contribution in [0.1, 0.15) is 45.6 Å². The molecule has 1 N–H and O–H groups in total. The second kappa shape index (κ2) is 6.14. The lowest BCUT2D eigenvalue weighted by Gasteiger charge is -2.25. The van der Waals surface area contributed by atoms with Crippen LogP contribution in [0, 0.1) is 5.92 Å². The van der Waals surface area contributed by atoms with Gasteiger partial charge in [-0.25, -0.2) is 9.97 Å². The Hall–Kier alpha value is -1.16. The van der Waals surface area contributed by atoms with Gasteiger partial charge < -0.3 is 10.1 Å². The monoisotopic (exact) mass is 251 g/mol. The van der Waals surface area contributed by atoms with Crippen LogP contribution in [0.25, 0.3) is 0 Å². The molecule has 0 aliphatic rings. The van der Waals surface area contributed by atoms with Crippen LogP contribution in [0.3, 0.4) is 0 Å². The molecule has 0 amide bonds. The average Bonchev–Trinajstić information content (AvgIpc) is 2.36. The number of nitrogens with zero attached hydrogens (tertiary/aromatic N) is 2. The van der Waals surface area contributed by atoms with E-state index in [0.717, 1.165) is 30.2 Å². The van der Waals surface area contributed by atoms with Crippen molar-refractivity contribution in [1.29, 1.82) is 0 Å². The molecule has 4 heteroatoms. The molecule has 4 nitrogen and oxygen atoms in total. The molecule has 0 fully saturated rings. The van der Waals surface area contributed by atoms with Crippen molar-refractivity contribution in [2.75, 3.05) is 19.5 Å². The van der Waals surface area contributed by atoms with Crippen LogP contribution < -0.4 is 5.32 Å². The molecule has 1 rings (SSSR count). The van der Waals surface area contributed by atoms with Crippen LogP contribution in [0.2, 0.25) is 0 Å². The fourth-order valence-electron chi connectivity index (χ4n) is 1.78. The maximum atomic E-state index is 5.58. The summed E-state index contributed by atoms with van der Waals surface area (Å²) in [4.78, 5) is 9.18. The highest BCUT2D eigenvalue weighted by molar-refractivity contribution is 5.36. The molecule has 102 valence electrons. The van der Waals surface area contributed by atoms with Gasteiger partial charge in [0.15, 0.2) is 5.82 Å². The number of nitrogens with one attached hydrogen (secondary N) is 1. The van der Waals surface area contributed by atoms with Gasteiger partial charge in [-0.2, -0.15) is 0 Å². The second-order valence-corrected chi connectivity index (χ2v) is 5.20. The van der Waals surface area contributed by atoms with Crippen molar-refractivity contribution in [3.05, 3.63) is 17.6 Å². The fraction of sp³-hybridized carbons (Fsp3) is 0.714. The van der Waals surface area contributed by atoms with Crippen molar-refractivity contribution in [1.82, 2.24) is 9.97 Å². The van der Waals surface area contributed by atoms with Crippen molar-refractivity contribution < 1.29 is 4.74 Å². The number of methoxy groups -OCH3 is 1. The zero-order valence-electron chi connectivity index (χ0n) is 12.4. The van der Waals surface area contributed by atoms with Crippen molar-refractivity contribution >= 4 is 5.82 Å². The lowest BCUT2D eigenvalue weighted by Crippen LogP contribution is -2.27. The zero-order chi connectivity index (χ0) is 13.8. The molecule has 1 heterocycles. The second-order valence-electron chi connectivity index (χ2n) is 5.20. The summed E-state index contributed by atoms with van der Waals surface area (Å²) in [6, 6.07) is 2.01. The molecule has 0 aromatic carbocycles. The van der Waals surface area contributed by atoms with Gasteiger partial charge in [-0.15, -0.1) is 0 Å². The van der Waals surface area contributed by atoms with Crippen LogP contribution in [0.15, 0.2) is 6.07 Å². The fourth-order valence-corrected chi connectivity index (χ4v) is 1.78. The van der Waals surface area contributed by atoms with Gasteiger partial charge in [0.2, 0.25) is 0 Å². The Morgan fingerprint density at radius 3 is 2.50 bits per heavy atom. The van der Waals surface area contributed by atoms with E-state index in [1.54, 1.807) is 7.11 Å². The molecule has 0 aliphatic heterocycles. The summed E-state index contributed by atoms with van der Waals surface area (Å²) in [6.45, 7) is 8.49. The SMILES string of the molecule is CCC(C)(OC)c1nc(CC(C)C)cc(NC)n1. The van der Waals surface area contributed by atoms with Crippen LogP contribution in [-0.2, 0) is 16.8 Å². The van der Waals surface area contributed by atoms with Crippen molar-refractivity contribution in [2.24, 2.45) is 5.92 Å². The standard InChI is InChI=1S/C14H25N3O/c1-7-14(4,18-6)13-16-11(8-10(2)3)9-12(15-5)17-13/h9-10H,7-8H2,1-6H3,(H,15,16,17). The minimum absolute atomic E-state index is 0.418. The summed E-state index contributed by atoms with van der Waals surface area (Å²) in [5, 5.41) is 3.09. The predicted molar refractivity (Wildman–Crippen MR) is 74.8 cm³/mol. The minimum Gasteiger partial charge on any atom is -0.373 e. The topological polar surface area (TPSA) is 47.0 Å². The molecule has 1 atom stereocenters. The number of anilines is 1. The molecule has 0 saturated heterocycles. The molecule has 0 saturated carbocycles. The lowest BCUT2D eigenvalue weighted by molar-refractivity contribution is -0.00905. The summed E-state index contributed by atoms with van der Waals surface area (Å²) < 4.78 is 5.58. The maximum Gasteiger partial charge on any atom is 0.162 e. The third-order valence-corrected chi connectivity index (χ3v) is 3.25. The molecule has 1 aromatic rings. The van der Waals surface area contributed by atoms with Crippen LogP contribution >= 0.6 is 0 Å². The molecule has 0 bridgehead atoms. The molecule has 0 aliphatic carbocycles. The first-order chi connectivity index (χ1) is 8.45. The molecule has 1 aromatic heterocycles. The van der Waals surface area contributed by atoms with Gasteiger partial charge in [-0.05, 0) is 25.7 Å². The molecule has 0 spiro atoms. The number of rotatable bonds is 6. The molecular formula is C14H25N3O. The highest BCUT2D eigenvalue weighted by atomic mass is 16.5. The van der Waals surface area contributed by atoms with E-state index in [9.17, 15) is 0 Å². The number of ether oxygens (including phenoxy) is 1. The molecule has 18 heavy (non-hydrogen) atoms. The summed E-state index contributed by atoms with van der Waals surface area (Å²) in [5.41, 5.74) is 0.648. The first-order valence-corrected chi connectivity index (χ1v) is 6.56. The highest BCUT2D eigenvalue weighted by Gasteiger charge is 2.28. The summed E-state index contributed by atoms with van der Waals surface area (Å²) in [5.74, 6) is 2.19.